The monoisotopic (exact) mass is 453 g/mol. The molecular weight excluding hydrogens is 432 g/mol. The van der Waals surface area contributed by atoms with E-state index in [1.807, 2.05) is 19.1 Å². The van der Waals surface area contributed by atoms with Gasteiger partial charge in [-0.15, -0.1) is 0 Å². The summed E-state index contributed by atoms with van der Waals surface area (Å²) >= 11 is 0. The van der Waals surface area contributed by atoms with Crippen molar-refractivity contribution in [2.24, 2.45) is 0 Å². The van der Waals surface area contributed by atoms with Crippen LogP contribution in [0.3, 0.4) is 0 Å². The van der Waals surface area contributed by atoms with Gasteiger partial charge in [0, 0.05) is 31.6 Å². The van der Waals surface area contributed by atoms with Crippen LogP contribution in [0, 0.1) is 18.6 Å². The molecule has 0 spiro atoms. The summed E-state index contributed by atoms with van der Waals surface area (Å²) in [6, 6.07) is 6.18. The first-order chi connectivity index (χ1) is 15.9. The van der Waals surface area contributed by atoms with Crippen molar-refractivity contribution in [3.05, 3.63) is 72.1 Å². The molecule has 0 aliphatic carbocycles. The minimum atomic E-state index is -1.02. The van der Waals surface area contributed by atoms with Gasteiger partial charge in [0.05, 0.1) is 48.2 Å². The van der Waals surface area contributed by atoms with E-state index >= 15 is 8.78 Å². The van der Waals surface area contributed by atoms with Crippen LogP contribution in [0.1, 0.15) is 11.3 Å². The highest BCUT2D eigenvalue weighted by molar-refractivity contribution is 5.69. The van der Waals surface area contributed by atoms with Crippen LogP contribution in [-0.4, -0.2) is 60.8 Å². The minimum absolute atomic E-state index is 0.165. The van der Waals surface area contributed by atoms with E-state index in [9.17, 15) is 9.90 Å². The lowest BCUT2D eigenvalue weighted by Gasteiger charge is -2.31. The Kier molecular flexibility index (Phi) is 5.29. The Morgan fingerprint density at radius 3 is 2.73 bits per heavy atom. The van der Waals surface area contributed by atoms with Crippen LogP contribution in [0.2, 0.25) is 0 Å². The second-order valence-electron chi connectivity index (χ2n) is 8.02. The number of carbonyl (C=O) groups is 1. The Bertz CT molecular complexity index is 1310. The molecule has 1 aliphatic rings. The van der Waals surface area contributed by atoms with E-state index in [-0.39, 0.29) is 37.4 Å². The summed E-state index contributed by atoms with van der Waals surface area (Å²) in [5, 5.41) is 9.34. The van der Waals surface area contributed by atoms with Crippen molar-refractivity contribution in [1.82, 2.24) is 23.8 Å². The predicted molar refractivity (Wildman–Crippen MR) is 115 cm³/mol. The van der Waals surface area contributed by atoms with E-state index < -0.39 is 23.8 Å². The zero-order valence-electron chi connectivity index (χ0n) is 17.8. The fourth-order valence-corrected chi connectivity index (χ4v) is 4.17. The van der Waals surface area contributed by atoms with Gasteiger partial charge in [-0.1, -0.05) is 0 Å². The average Bonchev–Trinajstić information content (AvgIpc) is 3.42. The van der Waals surface area contributed by atoms with Gasteiger partial charge in [0.15, 0.2) is 0 Å². The van der Waals surface area contributed by atoms with E-state index in [1.165, 1.54) is 34.1 Å². The molecule has 0 radical (unpaired) electrons. The van der Waals surface area contributed by atoms with Crippen molar-refractivity contribution >= 4 is 11.7 Å². The number of benzene rings is 1. The molecule has 0 bridgehead atoms. The number of morpholine rings is 1. The van der Waals surface area contributed by atoms with Crippen LogP contribution in [0.4, 0.5) is 13.6 Å². The topological polar surface area (TPSA) is 84.9 Å². The Hall–Kier alpha value is -3.79. The van der Waals surface area contributed by atoms with Crippen molar-refractivity contribution in [3.63, 3.8) is 0 Å². The maximum absolute atomic E-state index is 15.3. The predicted octanol–water partition coefficient (Wildman–Crippen LogP) is 3.69. The normalized spacial score (nSPS) is 16.5. The maximum Gasteiger partial charge on any atom is 0.407 e. The molecule has 4 heterocycles. The number of ether oxygens (including phenoxy) is 1. The van der Waals surface area contributed by atoms with Gasteiger partial charge in [0.25, 0.3) is 0 Å². The Morgan fingerprint density at radius 2 is 2.03 bits per heavy atom. The molecule has 8 nitrogen and oxygen atoms in total. The number of nitrogens with zero attached hydrogens (tertiary/aromatic N) is 5. The number of hydrogen-bond acceptors (Lipinski definition) is 4. The van der Waals surface area contributed by atoms with E-state index in [1.54, 1.807) is 16.8 Å². The molecule has 10 heteroatoms. The standard InChI is InChI=1S/C23H21F2N5O3/c1-14-2-4-30-19(11-16-12-28(23(31)32)6-7-33-16)22(27-20(30)8-14)21-17(24)9-15(10-18(21)25)29-5-3-26-13-29/h2-5,8-10,13,16H,6-7,11-12H2,1H3,(H,31,32)/t16-/m0/s1. The summed E-state index contributed by atoms with van der Waals surface area (Å²) in [6.07, 6.45) is 5.13. The second-order valence-corrected chi connectivity index (χ2v) is 8.02. The highest BCUT2D eigenvalue weighted by atomic mass is 19.1. The number of aryl methyl sites for hydroxylation is 1. The van der Waals surface area contributed by atoms with Crippen LogP contribution in [0.15, 0.2) is 49.2 Å². The van der Waals surface area contributed by atoms with E-state index in [2.05, 4.69) is 9.97 Å². The molecule has 170 valence electrons. The number of amides is 1. The van der Waals surface area contributed by atoms with Crippen LogP contribution in [0.5, 0.6) is 0 Å². The lowest BCUT2D eigenvalue weighted by molar-refractivity contribution is -0.0214. The number of hydrogen-bond donors (Lipinski definition) is 1. The van der Waals surface area contributed by atoms with Crippen molar-refractivity contribution in [2.75, 3.05) is 19.7 Å². The van der Waals surface area contributed by atoms with Gasteiger partial charge >= 0.3 is 6.09 Å². The molecule has 1 N–H and O–H groups in total. The third-order valence-electron chi connectivity index (χ3n) is 5.78. The van der Waals surface area contributed by atoms with Gasteiger partial charge in [-0.3, -0.25) is 0 Å². The highest BCUT2D eigenvalue weighted by Gasteiger charge is 2.28. The quantitative estimate of drug-likeness (QED) is 0.510. The zero-order valence-corrected chi connectivity index (χ0v) is 17.8. The SMILES string of the molecule is Cc1ccn2c(C[C@H]3CN(C(=O)O)CCO3)c(-c3c(F)cc(-n4ccnc4)cc3F)nc2c1. The number of imidazole rings is 2. The third-order valence-corrected chi connectivity index (χ3v) is 5.78. The summed E-state index contributed by atoms with van der Waals surface area (Å²) in [4.78, 5) is 21.2. The van der Waals surface area contributed by atoms with Crippen molar-refractivity contribution < 1.29 is 23.4 Å². The number of carboxylic acid groups (broad SMARTS) is 1. The fraction of sp³-hybridized carbons (Fsp3) is 0.261. The molecule has 5 rings (SSSR count). The Balaban J connectivity index is 1.61. The molecule has 1 saturated heterocycles. The van der Waals surface area contributed by atoms with E-state index in [0.29, 0.717) is 17.0 Å². The molecule has 1 fully saturated rings. The van der Waals surface area contributed by atoms with Gasteiger partial charge in [0.1, 0.15) is 17.3 Å². The van der Waals surface area contributed by atoms with Crippen molar-refractivity contribution in [1.29, 1.82) is 0 Å². The lowest BCUT2D eigenvalue weighted by atomic mass is 10.0. The van der Waals surface area contributed by atoms with E-state index in [4.69, 9.17) is 4.74 Å². The number of rotatable bonds is 4. The van der Waals surface area contributed by atoms with Gasteiger partial charge in [-0.2, -0.15) is 0 Å². The molecule has 0 unspecified atom stereocenters. The number of halogens is 2. The summed E-state index contributed by atoms with van der Waals surface area (Å²) in [7, 11) is 0. The maximum atomic E-state index is 15.3. The van der Waals surface area contributed by atoms with Crippen molar-refractivity contribution in [3.8, 4) is 16.9 Å². The first-order valence-electron chi connectivity index (χ1n) is 10.5. The fourth-order valence-electron chi connectivity index (χ4n) is 4.17. The average molecular weight is 453 g/mol. The van der Waals surface area contributed by atoms with Gasteiger partial charge in [-0.05, 0) is 36.8 Å². The molecule has 1 aliphatic heterocycles. The highest BCUT2D eigenvalue weighted by Crippen LogP contribution is 2.32. The Morgan fingerprint density at radius 1 is 1.24 bits per heavy atom. The first-order valence-corrected chi connectivity index (χ1v) is 10.5. The number of aromatic nitrogens is 4. The smallest absolute Gasteiger partial charge is 0.407 e. The third kappa shape index (κ3) is 3.93. The molecule has 3 aromatic heterocycles. The molecular formula is C23H21F2N5O3. The molecule has 1 amide bonds. The van der Waals surface area contributed by atoms with Crippen LogP contribution >= 0.6 is 0 Å². The van der Waals surface area contributed by atoms with Gasteiger partial charge < -0.3 is 23.7 Å². The first kappa shape index (κ1) is 21.1. The van der Waals surface area contributed by atoms with Crippen molar-refractivity contribution in [2.45, 2.75) is 19.4 Å². The summed E-state index contributed by atoms with van der Waals surface area (Å²) in [5.74, 6) is -1.51. The van der Waals surface area contributed by atoms with E-state index in [0.717, 1.165) is 5.56 Å². The van der Waals surface area contributed by atoms with Crippen LogP contribution in [0.25, 0.3) is 22.6 Å². The van der Waals surface area contributed by atoms with Crippen LogP contribution < -0.4 is 0 Å². The molecule has 1 atom stereocenters. The molecule has 1 aromatic carbocycles. The molecule has 4 aromatic rings. The molecule has 33 heavy (non-hydrogen) atoms. The Labute approximate surface area is 187 Å². The van der Waals surface area contributed by atoms with Gasteiger partial charge in [0.2, 0.25) is 0 Å². The number of pyridine rings is 1. The molecule has 0 saturated carbocycles. The zero-order chi connectivity index (χ0) is 23.1. The number of fused-ring (bicyclic) bond motifs is 1. The second kappa shape index (κ2) is 8.28. The van der Waals surface area contributed by atoms with Crippen LogP contribution in [-0.2, 0) is 11.2 Å². The minimum Gasteiger partial charge on any atom is -0.465 e. The largest absolute Gasteiger partial charge is 0.465 e. The summed E-state index contributed by atoms with van der Waals surface area (Å²) in [5.41, 5.74) is 2.29. The lowest BCUT2D eigenvalue weighted by Crippen LogP contribution is -2.45. The summed E-state index contributed by atoms with van der Waals surface area (Å²) in [6.45, 7) is 2.61. The van der Waals surface area contributed by atoms with Gasteiger partial charge in [-0.25, -0.2) is 23.5 Å². The summed E-state index contributed by atoms with van der Waals surface area (Å²) < 4.78 is 39.6.